The SMILES string of the molecule is CC(=NNC(=O)c1ccco1)c1ccc(NS(C)(=O)=O)cc1. The second-order valence-corrected chi connectivity index (χ2v) is 6.32. The molecule has 0 saturated carbocycles. The molecule has 2 aromatic rings. The molecule has 7 nitrogen and oxygen atoms in total. The lowest BCUT2D eigenvalue weighted by atomic mass is 10.1. The van der Waals surface area contributed by atoms with Crippen LogP contribution in [0.2, 0.25) is 0 Å². The lowest BCUT2D eigenvalue weighted by Gasteiger charge is -2.05. The molecule has 0 bridgehead atoms. The summed E-state index contributed by atoms with van der Waals surface area (Å²) in [7, 11) is -3.30. The van der Waals surface area contributed by atoms with Gasteiger partial charge in [-0.05, 0) is 36.8 Å². The molecule has 0 atom stereocenters. The number of anilines is 1. The number of amides is 1. The molecule has 1 heterocycles. The number of benzene rings is 1. The summed E-state index contributed by atoms with van der Waals surface area (Å²) in [5, 5.41) is 3.97. The second-order valence-electron chi connectivity index (χ2n) is 4.57. The van der Waals surface area contributed by atoms with Crippen molar-refractivity contribution in [1.29, 1.82) is 0 Å². The van der Waals surface area contributed by atoms with Gasteiger partial charge in [-0.25, -0.2) is 13.8 Å². The molecule has 0 aliphatic heterocycles. The zero-order valence-electron chi connectivity index (χ0n) is 12.0. The minimum absolute atomic E-state index is 0.171. The monoisotopic (exact) mass is 321 g/mol. The number of hydrogen-bond acceptors (Lipinski definition) is 5. The van der Waals surface area contributed by atoms with E-state index >= 15 is 0 Å². The third-order valence-electron chi connectivity index (χ3n) is 2.68. The Hall–Kier alpha value is -2.61. The number of hydrazone groups is 1. The maximum Gasteiger partial charge on any atom is 0.307 e. The smallest absolute Gasteiger partial charge is 0.307 e. The van der Waals surface area contributed by atoms with E-state index < -0.39 is 15.9 Å². The summed E-state index contributed by atoms with van der Waals surface area (Å²) in [5.74, 6) is -0.274. The van der Waals surface area contributed by atoms with Gasteiger partial charge in [0.05, 0.1) is 18.2 Å². The van der Waals surface area contributed by atoms with Gasteiger partial charge in [0.1, 0.15) is 0 Å². The molecular formula is C14H15N3O4S. The summed E-state index contributed by atoms with van der Waals surface area (Å²) in [6.45, 7) is 1.72. The fourth-order valence-corrected chi connectivity index (χ4v) is 2.22. The van der Waals surface area contributed by atoms with Crippen molar-refractivity contribution in [2.24, 2.45) is 5.10 Å². The molecule has 0 unspecified atom stereocenters. The predicted molar refractivity (Wildman–Crippen MR) is 83.3 cm³/mol. The number of hydrogen-bond donors (Lipinski definition) is 2. The molecule has 1 aromatic heterocycles. The highest BCUT2D eigenvalue weighted by atomic mass is 32.2. The summed E-state index contributed by atoms with van der Waals surface area (Å²) >= 11 is 0. The first-order valence-electron chi connectivity index (χ1n) is 6.31. The Balaban J connectivity index is 2.04. The van der Waals surface area contributed by atoms with Crippen LogP contribution in [-0.4, -0.2) is 26.3 Å². The molecule has 0 spiro atoms. The highest BCUT2D eigenvalue weighted by Gasteiger charge is 2.07. The number of nitrogens with one attached hydrogen (secondary N) is 2. The van der Waals surface area contributed by atoms with Crippen LogP contribution in [0.25, 0.3) is 0 Å². The van der Waals surface area contributed by atoms with Crippen LogP contribution in [-0.2, 0) is 10.0 Å². The molecule has 0 saturated heterocycles. The summed E-state index contributed by atoms with van der Waals surface area (Å²) in [5.41, 5.74) is 4.16. The van der Waals surface area contributed by atoms with Gasteiger partial charge in [-0.2, -0.15) is 5.10 Å². The Labute approximate surface area is 128 Å². The first-order valence-corrected chi connectivity index (χ1v) is 8.20. The first kappa shape index (κ1) is 15.8. The third-order valence-corrected chi connectivity index (χ3v) is 3.28. The fourth-order valence-electron chi connectivity index (χ4n) is 1.66. The Bertz CT molecular complexity index is 778. The minimum atomic E-state index is -3.30. The lowest BCUT2D eigenvalue weighted by molar-refractivity contribution is 0.0927. The molecule has 116 valence electrons. The van der Waals surface area contributed by atoms with Crippen molar-refractivity contribution in [3.63, 3.8) is 0 Å². The van der Waals surface area contributed by atoms with E-state index in [0.29, 0.717) is 11.4 Å². The van der Waals surface area contributed by atoms with E-state index in [1.54, 1.807) is 37.3 Å². The maximum atomic E-state index is 11.7. The van der Waals surface area contributed by atoms with Crippen molar-refractivity contribution in [2.75, 3.05) is 11.0 Å². The van der Waals surface area contributed by atoms with Crippen LogP contribution >= 0.6 is 0 Å². The zero-order chi connectivity index (χ0) is 16.2. The molecule has 22 heavy (non-hydrogen) atoms. The first-order chi connectivity index (χ1) is 10.3. The van der Waals surface area contributed by atoms with Crippen LogP contribution in [0.3, 0.4) is 0 Å². The highest BCUT2D eigenvalue weighted by Crippen LogP contribution is 2.11. The molecule has 1 aromatic carbocycles. The number of rotatable bonds is 5. The van der Waals surface area contributed by atoms with Crippen LogP contribution in [0, 0.1) is 0 Å². The van der Waals surface area contributed by atoms with Crippen molar-refractivity contribution in [3.8, 4) is 0 Å². The average molecular weight is 321 g/mol. The van der Waals surface area contributed by atoms with Crippen LogP contribution < -0.4 is 10.1 Å². The second kappa shape index (κ2) is 6.44. The molecule has 0 fully saturated rings. The van der Waals surface area contributed by atoms with E-state index in [-0.39, 0.29) is 5.76 Å². The van der Waals surface area contributed by atoms with Gasteiger partial charge in [-0.15, -0.1) is 0 Å². The number of furan rings is 1. The normalized spacial score (nSPS) is 12.0. The van der Waals surface area contributed by atoms with E-state index in [9.17, 15) is 13.2 Å². The average Bonchev–Trinajstić information content (AvgIpc) is 2.97. The van der Waals surface area contributed by atoms with Crippen molar-refractivity contribution < 1.29 is 17.6 Å². The summed E-state index contributed by atoms with van der Waals surface area (Å²) in [4.78, 5) is 11.7. The van der Waals surface area contributed by atoms with Crippen LogP contribution in [0.1, 0.15) is 23.0 Å². The van der Waals surface area contributed by atoms with Gasteiger partial charge >= 0.3 is 5.91 Å². The molecule has 8 heteroatoms. The van der Waals surface area contributed by atoms with Crippen LogP contribution in [0.4, 0.5) is 5.69 Å². The lowest BCUT2D eigenvalue weighted by Crippen LogP contribution is -2.18. The van der Waals surface area contributed by atoms with Gasteiger partial charge in [0.25, 0.3) is 0 Å². The number of carbonyl (C=O) groups is 1. The van der Waals surface area contributed by atoms with Gasteiger partial charge in [-0.1, -0.05) is 12.1 Å². The maximum absolute atomic E-state index is 11.7. The molecular weight excluding hydrogens is 306 g/mol. The topological polar surface area (TPSA) is 101 Å². The summed E-state index contributed by atoms with van der Waals surface area (Å²) in [6.07, 6.45) is 2.48. The summed E-state index contributed by atoms with van der Waals surface area (Å²) < 4.78 is 29.6. The highest BCUT2D eigenvalue weighted by molar-refractivity contribution is 7.92. The molecule has 0 radical (unpaired) electrons. The fraction of sp³-hybridized carbons (Fsp3) is 0.143. The zero-order valence-corrected chi connectivity index (χ0v) is 12.8. The molecule has 1 amide bonds. The molecule has 2 N–H and O–H groups in total. The number of sulfonamides is 1. The Morgan fingerprint density at radius 2 is 1.86 bits per heavy atom. The van der Waals surface area contributed by atoms with Crippen molar-refractivity contribution in [2.45, 2.75) is 6.92 Å². The summed E-state index contributed by atoms with van der Waals surface area (Å²) in [6, 6.07) is 9.77. The van der Waals surface area contributed by atoms with Gasteiger partial charge in [-0.3, -0.25) is 9.52 Å². The minimum Gasteiger partial charge on any atom is -0.459 e. The van der Waals surface area contributed by atoms with Crippen molar-refractivity contribution in [3.05, 3.63) is 54.0 Å². The van der Waals surface area contributed by atoms with Crippen molar-refractivity contribution in [1.82, 2.24) is 5.43 Å². The van der Waals surface area contributed by atoms with Gasteiger partial charge in [0.2, 0.25) is 10.0 Å². The third kappa shape index (κ3) is 4.45. The quantitative estimate of drug-likeness (QED) is 0.647. The van der Waals surface area contributed by atoms with E-state index in [4.69, 9.17) is 4.42 Å². The van der Waals surface area contributed by atoms with E-state index in [2.05, 4.69) is 15.2 Å². The van der Waals surface area contributed by atoms with Crippen molar-refractivity contribution >= 4 is 27.3 Å². The predicted octanol–water partition coefficient (Wildman–Crippen LogP) is 1.81. The Kier molecular flexibility index (Phi) is 4.62. The molecule has 0 aliphatic carbocycles. The number of carbonyl (C=O) groups excluding carboxylic acids is 1. The largest absolute Gasteiger partial charge is 0.459 e. The van der Waals surface area contributed by atoms with Gasteiger partial charge in [0, 0.05) is 5.69 Å². The van der Waals surface area contributed by atoms with Crippen LogP contribution in [0.5, 0.6) is 0 Å². The van der Waals surface area contributed by atoms with E-state index in [1.165, 1.54) is 12.3 Å². The van der Waals surface area contributed by atoms with Crippen LogP contribution in [0.15, 0.2) is 52.2 Å². The van der Waals surface area contributed by atoms with E-state index in [0.717, 1.165) is 11.8 Å². The Morgan fingerprint density at radius 3 is 2.41 bits per heavy atom. The standard InChI is InChI=1S/C14H15N3O4S/c1-10(15-16-14(18)13-4-3-9-21-13)11-5-7-12(8-6-11)17-22(2,19)20/h3-9,17H,1-2H3,(H,16,18). The van der Waals surface area contributed by atoms with Gasteiger partial charge < -0.3 is 4.42 Å². The molecule has 0 aliphatic rings. The Morgan fingerprint density at radius 1 is 1.18 bits per heavy atom. The van der Waals surface area contributed by atoms with E-state index in [1.807, 2.05) is 0 Å². The molecule has 2 rings (SSSR count). The number of nitrogens with zero attached hydrogens (tertiary/aromatic N) is 1. The van der Waals surface area contributed by atoms with Gasteiger partial charge in [0.15, 0.2) is 5.76 Å².